The van der Waals surface area contributed by atoms with E-state index in [0.717, 1.165) is 35.1 Å². The van der Waals surface area contributed by atoms with Crippen molar-refractivity contribution in [1.29, 1.82) is 0 Å². The maximum Gasteiger partial charge on any atom is 0.258 e. The van der Waals surface area contributed by atoms with Crippen molar-refractivity contribution >= 4 is 5.91 Å². The standard InChI is InChI=1S/C25H26FN3O2/c1-28-15-20(13-27-28)18-11-9-17(10-12-18)14-29-16-19-5-4-8-23(24(19)25(29)30)31-22-7-3-2-6-21(22)26/h4-5,8-13,15,21-22H,2-3,6-7,14,16H2,1H3/t21-,22-/m1/s1. The van der Waals surface area contributed by atoms with Gasteiger partial charge in [0.15, 0.2) is 0 Å². The fourth-order valence-electron chi connectivity index (χ4n) is 4.55. The van der Waals surface area contributed by atoms with Crippen LogP contribution in [0.5, 0.6) is 5.75 Å². The van der Waals surface area contributed by atoms with Crippen LogP contribution in [0.25, 0.3) is 11.1 Å². The Morgan fingerprint density at radius 3 is 2.65 bits per heavy atom. The zero-order valence-electron chi connectivity index (χ0n) is 17.6. The SMILES string of the molecule is Cn1cc(-c2ccc(CN3Cc4cccc(O[C@@H]5CCCC[C@H]5F)c4C3=O)cc2)cn1. The summed E-state index contributed by atoms with van der Waals surface area (Å²) in [5, 5.41) is 4.21. The van der Waals surface area contributed by atoms with Crippen LogP contribution in [0, 0.1) is 0 Å². The number of ether oxygens (including phenoxy) is 1. The normalized spacial score (nSPS) is 20.7. The third kappa shape index (κ3) is 3.94. The Balaban J connectivity index is 1.31. The lowest BCUT2D eigenvalue weighted by atomic mass is 9.95. The molecule has 5 rings (SSSR count). The first-order valence-corrected chi connectivity index (χ1v) is 10.9. The van der Waals surface area contributed by atoms with Crippen molar-refractivity contribution in [1.82, 2.24) is 14.7 Å². The van der Waals surface area contributed by atoms with E-state index in [-0.39, 0.29) is 5.91 Å². The molecule has 0 unspecified atom stereocenters. The van der Waals surface area contributed by atoms with E-state index < -0.39 is 12.3 Å². The van der Waals surface area contributed by atoms with Gasteiger partial charge in [-0.15, -0.1) is 0 Å². The van der Waals surface area contributed by atoms with E-state index >= 15 is 0 Å². The Morgan fingerprint density at radius 2 is 1.90 bits per heavy atom. The summed E-state index contributed by atoms with van der Waals surface area (Å²) in [5.74, 6) is 0.472. The number of carbonyl (C=O) groups is 1. The highest BCUT2D eigenvalue weighted by Gasteiger charge is 2.33. The Hall–Kier alpha value is -3.15. The first kappa shape index (κ1) is 19.8. The van der Waals surface area contributed by atoms with E-state index in [1.807, 2.05) is 48.6 Å². The lowest BCUT2D eigenvalue weighted by molar-refractivity contribution is 0.0608. The van der Waals surface area contributed by atoms with Crippen molar-refractivity contribution in [3.8, 4) is 16.9 Å². The molecule has 1 saturated carbocycles. The van der Waals surface area contributed by atoms with Gasteiger partial charge in [0, 0.05) is 31.9 Å². The van der Waals surface area contributed by atoms with Crippen LogP contribution >= 0.6 is 0 Å². The predicted molar refractivity (Wildman–Crippen MR) is 116 cm³/mol. The minimum Gasteiger partial charge on any atom is -0.487 e. The molecule has 2 aliphatic rings. The van der Waals surface area contributed by atoms with Crippen LogP contribution in [0.2, 0.25) is 0 Å². The Kier molecular flexibility index (Phi) is 5.22. The molecule has 5 nitrogen and oxygen atoms in total. The van der Waals surface area contributed by atoms with Crippen molar-refractivity contribution in [2.24, 2.45) is 7.05 Å². The van der Waals surface area contributed by atoms with Crippen LogP contribution in [0.15, 0.2) is 54.9 Å². The van der Waals surface area contributed by atoms with Gasteiger partial charge in [-0.3, -0.25) is 9.48 Å². The molecule has 0 bridgehead atoms. The molecule has 1 aromatic heterocycles. The highest BCUT2D eigenvalue weighted by molar-refractivity contribution is 6.01. The molecule has 1 amide bonds. The molecule has 2 atom stereocenters. The van der Waals surface area contributed by atoms with Gasteiger partial charge in [0.2, 0.25) is 0 Å². The molecular weight excluding hydrogens is 393 g/mol. The fourth-order valence-corrected chi connectivity index (χ4v) is 4.55. The smallest absolute Gasteiger partial charge is 0.258 e. The van der Waals surface area contributed by atoms with E-state index in [9.17, 15) is 9.18 Å². The number of aromatic nitrogens is 2. The molecule has 0 N–H and O–H groups in total. The second kappa shape index (κ2) is 8.17. The molecule has 6 heteroatoms. The van der Waals surface area contributed by atoms with Gasteiger partial charge >= 0.3 is 0 Å². The third-order valence-corrected chi connectivity index (χ3v) is 6.24. The van der Waals surface area contributed by atoms with Crippen LogP contribution in [0.4, 0.5) is 4.39 Å². The lowest BCUT2D eigenvalue weighted by Gasteiger charge is -2.27. The average molecular weight is 420 g/mol. The van der Waals surface area contributed by atoms with Gasteiger partial charge in [-0.25, -0.2) is 4.39 Å². The molecule has 1 aliphatic heterocycles. The number of fused-ring (bicyclic) bond motifs is 1. The summed E-state index contributed by atoms with van der Waals surface area (Å²) in [5.41, 5.74) is 4.76. The van der Waals surface area contributed by atoms with Crippen molar-refractivity contribution < 1.29 is 13.9 Å². The van der Waals surface area contributed by atoms with E-state index in [4.69, 9.17) is 4.74 Å². The molecule has 0 spiro atoms. The number of halogens is 1. The Morgan fingerprint density at radius 1 is 1.10 bits per heavy atom. The van der Waals surface area contributed by atoms with Crippen molar-refractivity contribution in [3.63, 3.8) is 0 Å². The molecule has 3 aromatic rings. The topological polar surface area (TPSA) is 47.4 Å². The first-order chi connectivity index (χ1) is 15.1. The number of nitrogens with zero attached hydrogens (tertiary/aromatic N) is 3. The maximum absolute atomic E-state index is 14.3. The van der Waals surface area contributed by atoms with Gasteiger partial charge in [0.25, 0.3) is 5.91 Å². The van der Waals surface area contributed by atoms with Gasteiger partial charge in [-0.2, -0.15) is 5.10 Å². The van der Waals surface area contributed by atoms with Crippen LogP contribution in [-0.2, 0) is 20.1 Å². The quantitative estimate of drug-likeness (QED) is 0.591. The minimum absolute atomic E-state index is 0.0480. The molecule has 1 aliphatic carbocycles. The second-order valence-electron chi connectivity index (χ2n) is 8.51. The summed E-state index contributed by atoms with van der Waals surface area (Å²) < 4.78 is 22.1. The van der Waals surface area contributed by atoms with Crippen LogP contribution in [-0.4, -0.2) is 32.9 Å². The summed E-state index contributed by atoms with van der Waals surface area (Å²) in [4.78, 5) is 15.0. The van der Waals surface area contributed by atoms with Crippen LogP contribution in [0.3, 0.4) is 0 Å². The van der Waals surface area contributed by atoms with E-state index in [1.54, 1.807) is 10.7 Å². The molecule has 1 fully saturated rings. The largest absolute Gasteiger partial charge is 0.487 e. The zero-order chi connectivity index (χ0) is 21.4. The zero-order valence-corrected chi connectivity index (χ0v) is 17.6. The number of hydrogen-bond acceptors (Lipinski definition) is 3. The molecular formula is C25H26FN3O2. The second-order valence-corrected chi connectivity index (χ2v) is 8.51. The number of hydrogen-bond donors (Lipinski definition) is 0. The monoisotopic (exact) mass is 419 g/mol. The number of aryl methyl sites for hydroxylation is 1. The van der Waals surface area contributed by atoms with Crippen LogP contribution < -0.4 is 4.74 Å². The van der Waals surface area contributed by atoms with Crippen molar-refractivity contribution in [2.45, 2.75) is 51.0 Å². The van der Waals surface area contributed by atoms with E-state index in [0.29, 0.717) is 37.2 Å². The molecule has 0 saturated heterocycles. The number of amides is 1. The summed E-state index contributed by atoms with van der Waals surface area (Å²) in [6.07, 6.45) is 5.50. The summed E-state index contributed by atoms with van der Waals surface area (Å²) in [7, 11) is 1.90. The number of benzene rings is 2. The van der Waals surface area contributed by atoms with Gasteiger partial charge < -0.3 is 9.64 Å². The Bertz CT molecular complexity index is 1090. The number of alkyl halides is 1. The number of rotatable bonds is 5. The average Bonchev–Trinajstić information content (AvgIpc) is 3.34. The maximum atomic E-state index is 14.3. The molecule has 2 aromatic carbocycles. The molecule has 0 radical (unpaired) electrons. The summed E-state index contributed by atoms with van der Waals surface area (Å²) in [6, 6.07) is 13.9. The fraction of sp³-hybridized carbons (Fsp3) is 0.360. The van der Waals surface area contributed by atoms with E-state index in [2.05, 4.69) is 17.2 Å². The third-order valence-electron chi connectivity index (χ3n) is 6.24. The van der Waals surface area contributed by atoms with Gasteiger partial charge in [0.05, 0.1) is 11.8 Å². The molecule has 2 heterocycles. The summed E-state index contributed by atoms with van der Waals surface area (Å²) in [6.45, 7) is 1.06. The highest BCUT2D eigenvalue weighted by atomic mass is 19.1. The van der Waals surface area contributed by atoms with Crippen molar-refractivity contribution in [2.75, 3.05) is 0 Å². The van der Waals surface area contributed by atoms with Gasteiger partial charge in [-0.05, 0) is 42.0 Å². The highest BCUT2D eigenvalue weighted by Crippen LogP contribution is 2.35. The first-order valence-electron chi connectivity index (χ1n) is 10.9. The van der Waals surface area contributed by atoms with E-state index in [1.165, 1.54) is 0 Å². The van der Waals surface area contributed by atoms with Gasteiger partial charge in [0.1, 0.15) is 18.0 Å². The predicted octanol–water partition coefficient (Wildman–Crippen LogP) is 4.90. The molecule has 31 heavy (non-hydrogen) atoms. The minimum atomic E-state index is -0.962. The molecule has 160 valence electrons. The lowest BCUT2D eigenvalue weighted by Crippen LogP contribution is -2.32. The van der Waals surface area contributed by atoms with Crippen LogP contribution in [0.1, 0.15) is 47.2 Å². The Labute approximate surface area is 181 Å². The summed E-state index contributed by atoms with van der Waals surface area (Å²) >= 11 is 0. The number of carbonyl (C=O) groups excluding carboxylic acids is 1. The van der Waals surface area contributed by atoms with Gasteiger partial charge in [-0.1, -0.05) is 42.8 Å². The van der Waals surface area contributed by atoms with Crippen molar-refractivity contribution in [3.05, 3.63) is 71.5 Å².